The number of hydrogen-bond donors (Lipinski definition) is 2. The zero-order valence-electron chi connectivity index (χ0n) is 21.2. The molecule has 6 aromatic heterocycles. The van der Waals surface area contributed by atoms with Crippen molar-refractivity contribution in [2.45, 2.75) is 0 Å². The number of piperazine rings is 1. The zero-order valence-corrected chi connectivity index (χ0v) is 21.2. The fraction of sp³-hybridized carbons (Fsp3) is 0.222. The molecule has 11 heteroatoms. The Labute approximate surface area is 218 Å². The van der Waals surface area contributed by atoms with Gasteiger partial charge in [-0.25, -0.2) is 14.5 Å². The maximum Gasteiger partial charge on any atom is 0.229 e. The number of rotatable bonds is 5. The van der Waals surface area contributed by atoms with Crippen LogP contribution < -0.4 is 10.2 Å². The number of nitrogens with zero attached hydrogens (tertiary/aromatic N) is 9. The van der Waals surface area contributed by atoms with Crippen molar-refractivity contribution < 1.29 is 0 Å². The van der Waals surface area contributed by atoms with Gasteiger partial charge in [0.1, 0.15) is 11.5 Å². The molecule has 0 amide bonds. The molecule has 7 heterocycles. The lowest BCUT2D eigenvalue weighted by molar-refractivity contribution is 0.312. The lowest BCUT2D eigenvalue weighted by Gasteiger charge is -2.33. The van der Waals surface area contributed by atoms with Crippen molar-refractivity contribution in [1.82, 2.24) is 44.2 Å². The molecule has 0 radical (unpaired) electrons. The first-order valence-electron chi connectivity index (χ1n) is 12.6. The van der Waals surface area contributed by atoms with E-state index in [2.05, 4.69) is 65.5 Å². The van der Waals surface area contributed by atoms with E-state index in [1.807, 2.05) is 61.0 Å². The minimum Gasteiger partial charge on any atom is -0.354 e. The summed E-state index contributed by atoms with van der Waals surface area (Å²) in [6, 6.07) is 8.19. The maximum absolute atomic E-state index is 4.74. The molecule has 0 atom stereocenters. The molecule has 2 N–H and O–H groups in total. The Hall–Kier alpha value is -4.77. The Kier molecular flexibility index (Phi) is 5.29. The van der Waals surface area contributed by atoms with Crippen LogP contribution in [0.4, 0.5) is 17.5 Å². The van der Waals surface area contributed by atoms with Gasteiger partial charge in [0, 0.05) is 98.0 Å². The van der Waals surface area contributed by atoms with Gasteiger partial charge in [0.05, 0.1) is 17.9 Å². The topological polar surface area (TPSA) is 108 Å². The van der Waals surface area contributed by atoms with Gasteiger partial charge >= 0.3 is 0 Å². The normalized spacial score (nSPS) is 14.5. The van der Waals surface area contributed by atoms with E-state index in [1.165, 1.54) is 0 Å². The van der Waals surface area contributed by atoms with Gasteiger partial charge < -0.3 is 20.1 Å². The molecule has 1 aliphatic heterocycles. The van der Waals surface area contributed by atoms with Gasteiger partial charge in [-0.2, -0.15) is 15.2 Å². The summed E-state index contributed by atoms with van der Waals surface area (Å²) in [7, 11) is 4.06. The molecular formula is C27H27N11. The Bertz CT molecular complexity index is 1750. The average Bonchev–Trinajstić information content (AvgIpc) is 3.66. The highest BCUT2D eigenvalue weighted by Crippen LogP contribution is 2.32. The summed E-state index contributed by atoms with van der Waals surface area (Å²) < 4.78 is 3.68. The molecular weight excluding hydrogens is 478 g/mol. The standard InChI is InChI=1S/C27H27N11/c1-35-7-9-37(10-8-35)25-12-20(3-5-28-25)33-27-30-15-23-21(14-29-26(23)34-27)18-4-6-38-24(11-18)22(16-32-38)19-13-31-36(2)17-19/h3-6,11-17H,7-10H2,1-2H3,(H2,28,29,30,33,34). The summed E-state index contributed by atoms with van der Waals surface area (Å²) in [5, 5.41) is 13.1. The van der Waals surface area contributed by atoms with Gasteiger partial charge in [-0.3, -0.25) is 4.68 Å². The molecule has 0 saturated carbocycles. The van der Waals surface area contributed by atoms with Crippen LogP contribution in [0.1, 0.15) is 0 Å². The number of anilines is 3. The molecule has 1 aliphatic rings. The molecule has 0 bridgehead atoms. The van der Waals surface area contributed by atoms with Crippen LogP contribution in [0.3, 0.4) is 0 Å². The Morgan fingerprint density at radius 3 is 2.63 bits per heavy atom. The van der Waals surface area contributed by atoms with Crippen LogP contribution >= 0.6 is 0 Å². The molecule has 190 valence electrons. The first kappa shape index (κ1) is 22.4. The van der Waals surface area contributed by atoms with Gasteiger partial charge in [0.25, 0.3) is 0 Å². The van der Waals surface area contributed by atoms with Gasteiger partial charge in [0.2, 0.25) is 5.95 Å². The minimum atomic E-state index is 0.534. The number of aromatic amines is 1. The van der Waals surface area contributed by atoms with Crippen molar-refractivity contribution in [2.75, 3.05) is 43.4 Å². The van der Waals surface area contributed by atoms with E-state index in [4.69, 9.17) is 4.98 Å². The van der Waals surface area contributed by atoms with Gasteiger partial charge in [-0.05, 0) is 30.8 Å². The van der Waals surface area contributed by atoms with Crippen LogP contribution in [0.15, 0.2) is 67.6 Å². The summed E-state index contributed by atoms with van der Waals surface area (Å²) in [6.45, 7) is 4.00. The van der Waals surface area contributed by atoms with Crippen LogP contribution in [0, 0.1) is 0 Å². The van der Waals surface area contributed by atoms with Crippen LogP contribution in [-0.2, 0) is 7.05 Å². The van der Waals surface area contributed by atoms with E-state index in [0.717, 1.165) is 76.5 Å². The van der Waals surface area contributed by atoms with Crippen LogP contribution in [0.5, 0.6) is 0 Å². The molecule has 0 spiro atoms. The van der Waals surface area contributed by atoms with Gasteiger partial charge in [0.15, 0.2) is 0 Å². The smallest absolute Gasteiger partial charge is 0.229 e. The van der Waals surface area contributed by atoms with E-state index in [-0.39, 0.29) is 0 Å². The zero-order chi connectivity index (χ0) is 25.6. The number of aryl methyl sites for hydroxylation is 1. The molecule has 1 saturated heterocycles. The molecule has 6 aromatic rings. The first-order chi connectivity index (χ1) is 18.6. The summed E-state index contributed by atoms with van der Waals surface area (Å²) in [5.41, 5.74) is 6.86. The SMILES string of the molecule is CN1CCN(c2cc(Nc3ncc4c(-c5ccn6ncc(-c7cnn(C)c7)c6c5)c[nH]c4n3)ccn2)CC1. The molecule has 0 unspecified atom stereocenters. The number of aromatic nitrogens is 8. The third-order valence-corrected chi connectivity index (χ3v) is 7.11. The number of hydrogen-bond acceptors (Lipinski definition) is 8. The molecule has 1 fully saturated rings. The second-order valence-corrected chi connectivity index (χ2v) is 9.68. The summed E-state index contributed by atoms with van der Waals surface area (Å²) >= 11 is 0. The summed E-state index contributed by atoms with van der Waals surface area (Å²) in [4.78, 5) is 21.9. The number of H-pyrrole nitrogens is 1. The fourth-order valence-electron chi connectivity index (χ4n) is 4.97. The Morgan fingerprint density at radius 2 is 1.79 bits per heavy atom. The van der Waals surface area contributed by atoms with Crippen LogP contribution in [0.25, 0.3) is 38.8 Å². The quantitative estimate of drug-likeness (QED) is 0.366. The maximum atomic E-state index is 4.74. The predicted octanol–water partition coefficient (Wildman–Crippen LogP) is 3.56. The fourth-order valence-corrected chi connectivity index (χ4v) is 4.97. The molecule has 0 aliphatic carbocycles. The van der Waals surface area contributed by atoms with Crippen LogP contribution in [-0.4, -0.2) is 77.5 Å². The second-order valence-electron chi connectivity index (χ2n) is 9.68. The number of likely N-dealkylation sites (N-methyl/N-ethyl adjacent to an activating group) is 1. The lowest BCUT2D eigenvalue weighted by atomic mass is 10.1. The summed E-state index contributed by atoms with van der Waals surface area (Å²) in [5.74, 6) is 1.50. The molecule has 11 nitrogen and oxygen atoms in total. The molecule has 7 rings (SSSR count). The largest absolute Gasteiger partial charge is 0.354 e. The number of fused-ring (bicyclic) bond motifs is 2. The molecule has 38 heavy (non-hydrogen) atoms. The highest BCUT2D eigenvalue weighted by molar-refractivity contribution is 5.95. The van der Waals surface area contributed by atoms with E-state index in [1.54, 1.807) is 4.68 Å². The highest BCUT2D eigenvalue weighted by atomic mass is 15.3. The number of nitrogens with one attached hydrogen (secondary N) is 2. The van der Waals surface area contributed by atoms with Crippen molar-refractivity contribution in [3.8, 4) is 22.3 Å². The Balaban J connectivity index is 1.16. The van der Waals surface area contributed by atoms with E-state index in [9.17, 15) is 0 Å². The monoisotopic (exact) mass is 505 g/mol. The van der Waals surface area contributed by atoms with Gasteiger partial charge in [-0.15, -0.1) is 0 Å². The molecule has 0 aromatic carbocycles. The summed E-state index contributed by atoms with van der Waals surface area (Å²) in [6.07, 6.45) is 13.4. The highest BCUT2D eigenvalue weighted by Gasteiger charge is 2.16. The van der Waals surface area contributed by atoms with Crippen molar-refractivity contribution in [2.24, 2.45) is 7.05 Å². The lowest BCUT2D eigenvalue weighted by Crippen LogP contribution is -2.44. The van der Waals surface area contributed by atoms with Crippen LogP contribution in [0.2, 0.25) is 0 Å². The van der Waals surface area contributed by atoms with Crippen molar-refractivity contribution in [3.63, 3.8) is 0 Å². The van der Waals surface area contributed by atoms with Crippen molar-refractivity contribution >= 4 is 34.0 Å². The Morgan fingerprint density at radius 1 is 0.895 bits per heavy atom. The van der Waals surface area contributed by atoms with Crippen molar-refractivity contribution in [1.29, 1.82) is 0 Å². The second kappa shape index (κ2) is 8.96. The minimum absolute atomic E-state index is 0.534. The predicted molar refractivity (Wildman–Crippen MR) is 148 cm³/mol. The van der Waals surface area contributed by atoms with E-state index < -0.39 is 0 Å². The van der Waals surface area contributed by atoms with E-state index in [0.29, 0.717) is 5.95 Å². The third kappa shape index (κ3) is 4.02. The third-order valence-electron chi connectivity index (χ3n) is 7.11. The number of pyridine rings is 2. The van der Waals surface area contributed by atoms with Gasteiger partial charge in [-0.1, -0.05) is 0 Å². The average molecular weight is 506 g/mol. The van der Waals surface area contributed by atoms with Crippen molar-refractivity contribution in [3.05, 3.63) is 67.6 Å². The van der Waals surface area contributed by atoms with E-state index >= 15 is 0 Å². The first-order valence-corrected chi connectivity index (χ1v) is 12.6.